The van der Waals surface area contributed by atoms with Gasteiger partial charge in [0.05, 0.1) is 6.10 Å². The minimum absolute atomic E-state index is 0.148. The number of aromatic nitrogens is 2. The Balaban J connectivity index is 2.37. The molecule has 3 N–H and O–H groups in total. The van der Waals surface area contributed by atoms with E-state index in [4.69, 9.17) is 10.5 Å². The Hall–Kier alpha value is -1.80. The Labute approximate surface area is 102 Å². The molecule has 0 radical (unpaired) electrons. The summed E-state index contributed by atoms with van der Waals surface area (Å²) in [7, 11) is 0. The molecule has 1 saturated heterocycles. The first-order chi connectivity index (χ1) is 8.58. The molecule has 0 amide bonds. The summed E-state index contributed by atoms with van der Waals surface area (Å²) in [5.41, 5.74) is 4.43. The number of ether oxygens (including phenoxy) is 1. The van der Waals surface area contributed by atoms with E-state index in [-0.39, 0.29) is 12.5 Å². The minimum atomic E-state index is -0.648. The van der Waals surface area contributed by atoms with Crippen LogP contribution in [0.4, 0.5) is 0 Å². The van der Waals surface area contributed by atoms with Gasteiger partial charge in [-0.3, -0.25) is 14.3 Å². The van der Waals surface area contributed by atoms with Crippen molar-refractivity contribution in [1.29, 1.82) is 0 Å². The van der Waals surface area contributed by atoms with E-state index in [1.54, 1.807) is 6.92 Å². The average Bonchev–Trinajstić information content (AvgIpc) is 2.66. The lowest BCUT2D eigenvalue weighted by molar-refractivity contribution is -0.0101. The molecule has 0 saturated carbocycles. The van der Waals surface area contributed by atoms with Crippen LogP contribution in [0, 0.1) is 10.8 Å². The topological polar surface area (TPSA) is 120 Å². The van der Waals surface area contributed by atoms with E-state index < -0.39 is 29.6 Å². The van der Waals surface area contributed by atoms with Crippen LogP contribution in [0.1, 0.15) is 13.2 Å². The van der Waals surface area contributed by atoms with E-state index in [0.29, 0.717) is 0 Å². The Bertz CT molecular complexity index is 551. The third-order valence-electron chi connectivity index (χ3n) is 3.16. The van der Waals surface area contributed by atoms with Gasteiger partial charge in [0, 0.05) is 24.7 Å². The molecule has 1 aromatic rings. The fourth-order valence-electron chi connectivity index (χ4n) is 2.20. The highest BCUT2D eigenvalue weighted by atomic mass is 16.5. The van der Waals surface area contributed by atoms with Crippen molar-refractivity contribution in [2.24, 2.45) is 16.8 Å². The molecule has 4 unspecified atom stereocenters. The zero-order valence-electron chi connectivity index (χ0n) is 9.78. The molecule has 0 bridgehead atoms. The number of nitrogens with two attached hydrogens (primary N) is 1. The molecule has 2 rings (SSSR count). The van der Waals surface area contributed by atoms with Crippen molar-refractivity contribution >= 4 is 0 Å². The predicted octanol–water partition coefficient (Wildman–Crippen LogP) is -0.836. The van der Waals surface area contributed by atoms with Crippen LogP contribution in [-0.2, 0) is 4.74 Å². The number of aromatic amines is 1. The van der Waals surface area contributed by atoms with E-state index in [1.165, 1.54) is 16.8 Å². The smallest absolute Gasteiger partial charge is 0.330 e. The van der Waals surface area contributed by atoms with Crippen LogP contribution in [0.2, 0.25) is 0 Å². The van der Waals surface area contributed by atoms with Gasteiger partial charge in [0.2, 0.25) is 0 Å². The third-order valence-corrected chi connectivity index (χ3v) is 3.16. The summed E-state index contributed by atoms with van der Waals surface area (Å²) in [5.74, 6) is -0.292. The van der Waals surface area contributed by atoms with Crippen molar-refractivity contribution in [3.63, 3.8) is 0 Å². The van der Waals surface area contributed by atoms with Gasteiger partial charge in [-0.15, -0.1) is 0 Å². The molecule has 0 spiro atoms. The Morgan fingerprint density at radius 2 is 2.28 bits per heavy atom. The van der Waals surface area contributed by atoms with Gasteiger partial charge in [0.15, 0.2) is 0 Å². The van der Waals surface area contributed by atoms with E-state index in [2.05, 4.69) is 10.2 Å². The molecule has 1 aliphatic rings. The van der Waals surface area contributed by atoms with Crippen LogP contribution >= 0.6 is 0 Å². The van der Waals surface area contributed by atoms with Gasteiger partial charge in [-0.2, -0.15) is 4.91 Å². The third kappa shape index (κ3) is 2.00. The normalized spacial score (nSPS) is 31.4. The molecular weight excluding hydrogens is 240 g/mol. The monoisotopic (exact) mass is 254 g/mol. The number of hydrogen-bond acceptors (Lipinski definition) is 6. The molecule has 1 aliphatic heterocycles. The van der Waals surface area contributed by atoms with Crippen molar-refractivity contribution in [2.45, 2.75) is 25.3 Å². The molecule has 4 atom stereocenters. The lowest BCUT2D eigenvalue weighted by atomic mass is 10.00. The first kappa shape index (κ1) is 12.7. The molecule has 18 heavy (non-hydrogen) atoms. The summed E-state index contributed by atoms with van der Waals surface area (Å²) in [6, 6.07) is 0.621. The van der Waals surface area contributed by atoms with Crippen LogP contribution in [0.5, 0.6) is 0 Å². The van der Waals surface area contributed by atoms with Crippen LogP contribution in [0.25, 0.3) is 0 Å². The second-order valence-corrected chi connectivity index (χ2v) is 4.27. The Kier molecular flexibility index (Phi) is 3.39. The summed E-state index contributed by atoms with van der Waals surface area (Å²) in [4.78, 5) is 35.5. The summed E-state index contributed by atoms with van der Waals surface area (Å²) < 4.78 is 6.79. The quantitative estimate of drug-likeness (QED) is 0.682. The highest BCUT2D eigenvalue weighted by Crippen LogP contribution is 2.34. The lowest BCUT2D eigenvalue weighted by Crippen LogP contribution is -2.33. The molecule has 8 heteroatoms. The van der Waals surface area contributed by atoms with Gasteiger partial charge < -0.3 is 10.5 Å². The van der Waals surface area contributed by atoms with Crippen molar-refractivity contribution in [2.75, 3.05) is 6.54 Å². The van der Waals surface area contributed by atoms with Gasteiger partial charge in [-0.05, 0) is 0 Å². The van der Waals surface area contributed by atoms with Crippen LogP contribution in [-0.4, -0.2) is 28.2 Å². The van der Waals surface area contributed by atoms with Gasteiger partial charge in [0.1, 0.15) is 12.3 Å². The summed E-state index contributed by atoms with van der Waals surface area (Å²) in [6.45, 7) is 1.90. The second-order valence-electron chi connectivity index (χ2n) is 4.27. The van der Waals surface area contributed by atoms with Crippen LogP contribution < -0.4 is 17.0 Å². The van der Waals surface area contributed by atoms with Crippen molar-refractivity contribution in [3.8, 4) is 0 Å². The van der Waals surface area contributed by atoms with E-state index in [9.17, 15) is 14.5 Å². The van der Waals surface area contributed by atoms with Gasteiger partial charge >= 0.3 is 5.69 Å². The number of nitroso groups, excluding NO2 is 1. The van der Waals surface area contributed by atoms with Crippen molar-refractivity contribution in [1.82, 2.24) is 9.55 Å². The Morgan fingerprint density at radius 1 is 1.56 bits per heavy atom. The highest BCUT2D eigenvalue weighted by molar-refractivity contribution is 4.94. The summed E-state index contributed by atoms with van der Waals surface area (Å²) in [5, 5.41) is 3.00. The first-order valence-electron chi connectivity index (χ1n) is 5.58. The lowest BCUT2D eigenvalue weighted by Gasteiger charge is -2.17. The van der Waals surface area contributed by atoms with Crippen molar-refractivity contribution in [3.05, 3.63) is 38.0 Å². The molecule has 0 aliphatic carbocycles. The van der Waals surface area contributed by atoms with E-state index >= 15 is 0 Å². The summed E-state index contributed by atoms with van der Waals surface area (Å²) >= 11 is 0. The number of hydrogen-bond donors (Lipinski definition) is 2. The van der Waals surface area contributed by atoms with Gasteiger partial charge in [0.25, 0.3) is 5.56 Å². The molecule has 1 fully saturated rings. The highest BCUT2D eigenvalue weighted by Gasteiger charge is 2.43. The van der Waals surface area contributed by atoms with E-state index in [0.717, 1.165) is 0 Å². The zero-order valence-corrected chi connectivity index (χ0v) is 9.78. The molecule has 2 heterocycles. The first-order valence-corrected chi connectivity index (χ1v) is 5.58. The Morgan fingerprint density at radius 3 is 2.78 bits per heavy atom. The second kappa shape index (κ2) is 4.83. The maximum absolute atomic E-state index is 11.7. The maximum Gasteiger partial charge on any atom is 0.330 e. The van der Waals surface area contributed by atoms with Crippen LogP contribution in [0.15, 0.2) is 27.0 Å². The number of H-pyrrole nitrogens is 1. The zero-order chi connectivity index (χ0) is 13.3. The largest absolute Gasteiger partial charge is 0.351 e. The van der Waals surface area contributed by atoms with Crippen LogP contribution in [0.3, 0.4) is 0 Å². The SMILES string of the molecule is CC1C(N=O)C(CN)OC1n1ccc(=O)[nH]c1=O. The predicted molar refractivity (Wildman–Crippen MR) is 63.0 cm³/mol. The number of nitrogens with zero attached hydrogens (tertiary/aromatic N) is 2. The van der Waals surface area contributed by atoms with Crippen molar-refractivity contribution < 1.29 is 4.74 Å². The standard InChI is InChI=1S/C10H14N4O4/c1-5-8(13-17)6(4-11)18-9(5)14-3-2-7(15)12-10(14)16/h2-3,5-6,8-9H,4,11H2,1H3,(H,12,15,16). The number of rotatable bonds is 3. The number of nitrogens with one attached hydrogen (secondary N) is 1. The molecular formula is C10H14N4O4. The van der Waals surface area contributed by atoms with Gasteiger partial charge in [-0.1, -0.05) is 12.1 Å². The van der Waals surface area contributed by atoms with Gasteiger partial charge in [-0.25, -0.2) is 4.79 Å². The average molecular weight is 254 g/mol. The fourth-order valence-corrected chi connectivity index (χ4v) is 2.20. The van der Waals surface area contributed by atoms with E-state index in [1.807, 2.05) is 0 Å². The summed E-state index contributed by atoms with van der Waals surface area (Å²) in [6.07, 6.45) is 0.176. The molecule has 8 nitrogen and oxygen atoms in total. The molecule has 1 aromatic heterocycles. The molecule has 98 valence electrons. The molecule has 0 aromatic carbocycles. The minimum Gasteiger partial charge on any atom is -0.351 e. The fraction of sp³-hybridized carbons (Fsp3) is 0.600. The maximum atomic E-state index is 11.7.